The van der Waals surface area contributed by atoms with Crippen molar-refractivity contribution >= 4 is 51.0 Å². The summed E-state index contributed by atoms with van der Waals surface area (Å²) in [7, 11) is 1.48. The number of esters is 1. The van der Waals surface area contributed by atoms with Crippen LogP contribution in [0.4, 0.5) is 8.78 Å². The lowest BCUT2D eigenvalue weighted by Crippen LogP contribution is -2.40. The van der Waals surface area contributed by atoms with Gasteiger partial charge in [-0.2, -0.15) is 8.78 Å². The highest BCUT2D eigenvalue weighted by molar-refractivity contribution is 9.10. The van der Waals surface area contributed by atoms with Gasteiger partial charge < -0.3 is 19.1 Å². The minimum atomic E-state index is -3.87. The third kappa shape index (κ3) is 7.45. The van der Waals surface area contributed by atoms with Gasteiger partial charge in [0.05, 0.1) is 24.2 Å². The smallest absolute Gasteiger partial charge is 0.382 e. The molecule has 3 heterocycles. The molecule has 0 aliphatic carbocycles. The van der Waals surface area contributed by atoms with Gasteiger partial charge in [0.1, 0.15) is 23.6 Å². The number of likely N-dealkylation sites (tertiary alicyclic amines) is 1. The van der Waals surface area contributed by atoms with Gasteiger partial charge in [0, 0.05) is 35.1 Å². The molecule has 0 saturated carbocycles. The Balaban J connectivity index is 1.47. The summed E-state index contributed by atoms with van der Waals surface area (Å²) >= 11 is 15.7. The van der Waals surface area contributed by atoms with E-state index in [2.05, 4.69) is 26.1 Å². The number of benzene rings is 2. The first-order chi connectivity index (χ1) is 21.2. The molecule has 0 unspecified atom stereocenters. The van der Waals surface area contributed by atoms with Crippen molar-refractivity contribution in [3.8, 4) is 11.4 Å². The molecule has 1 saturated heterocycles. The summed E-state index contributed by atoms with van der Waals surface area (Å²) < 4.78 is 48.7. The van der Waals surface area contributed by atoms with Crippen LogP contribution in [0.25, 0.3) is 5.69 Å². The van der Waals surface area contributed by atoms with Crippen molar-refractivity contribution in [3.63, 3.8) is 0 Å². The molecule has 0 radical (unpaired) electrons. The summed E-state index contributed by atoms with van der Waals surface area (Å²) in [6, 6.07) is 10.2. The van der Waals surface area contributed by atoms with Crippen molar-refractivity contribution in [3.05, 3.63) is 68.7 Å². The highest BCUT2D eigenvalue weighted by Gasteiger charge is 2.43. The summed E-state index contributed by atoms with van der Waals surface area (Å²) in [6.07, 6.45) is -0.698. The molecule has 3 aromatic rings. The second-order valence-corrected chi connectivity index (χ2v) is 13.9. The molecule has 0 bridgehead atoms. The van der Waals surface area contributed by atoms with E-state index in [4.69, 9.17) is 37.4 Å². The lowest BCUT2D eigenvalue weighted by Gasteiger charge is -2.33. The number of carbonyl (C=O) groups is 2. The first-order valence-corrected chi connectivity index (χ1v) is 16.0. The Morgan fingerprint density at radius 3 is 2.44 bits per heavy atom. The molecule has 1 amide bonds. The SMILES string of the molecule is COc1cccc([C@H]2O[C@H](CC(=O)N3CCC(CC(=O)OC(C)(C)C)CC3)c3nnc(C(F)(F)Cl)n3-c3ccc(Br)cc32)c1Cl. The van der Waals surface area contributed by atoms with Gasteiger partial charge in [0.2, 0.25) is 11.7 Å². The number of halogens is 5. The maximum atomic E-state index is 14.7. The monoisotopic (exact) mass is 728 g/mol. The summed E-state index contributed by atoms with van der Waals surface area (Å²) in [4.78, 5) is 27.7. The molecule has 2 aliphatic heterocycles. The molecular weight excluding hydrogens is 697 g/mol. The highest BCUT2D eigenvalue weighted by Crippen LogP contribution is 2.47. The number of piperidine rings is 1. The van der Waals surface area contributed by atoms with E-state index in [0.29, 0.717) is 53.0 Å². The summed E-state index contributed by atoms with van der Waals surface area (Å²) in [5.74, 6) is -0.839. The molecule has 5 rings (SSSR count). The molecule has 45 heavy (non-hydrogen) atoms. The molecule has 14 heteroatoms. The summed E-state index contributed by atoms with van der Waals surface area (Å²) in [6.45, 7) is 6.32. The molecule has 242 valence electrons. The predicted molar refractivity (Wildman–Crippen MR) is 167 cm³/mol. The van der Waals surface area contributed by atoms with E-state index in [9.17, 15) is 18.4 Å². The topological polar surface area (TPSA) is 95.8 Å². The van der Waals surface area contributed by atoms with Crippen LogP contribution in [-0.2, 0) is 24.4 Å². The predicted octanol–water partition coefficient (Wildman–Crippen LogP) is 7.50. The lowest BCUT2D eigenvalue weighted by molar-refractivity contribution is -0.156. The Labute approximate surface area is 278 Å². The van der Waals surface area contributed by atoms with Crippen molar-refractivity contribution in [1.29, 1.82) is 0 Å². The van der Waals surface area contributed by atoms with Gasteiger partial charge >= 0.3 is 11.4 Å². The number of hydrogen-bond donors (Lipinski definition) is 0. The fourth-order valence-electron chi connectivity index (χ4n) is 5.72. The number of nitrogens with zero attached hydrogens (tertiary/aromatic N) is 4. The number of methoxy groups -OCH3 is 1. The Bertz CT molecular complexity index is 1580. The number of hydrogen-bond acceptors (Lipinski definition) is 7. The fourth-order valence-corrected chi connectivity index (χ4v) is 6.53. The summed E-state index contributed by atoms with van der Waals surface area (Å²) in [5, 5.41) is 4.21. The van der Waals surface area contributed by atoms with Crippen LogP contribution in [0.2, 0.25) is 5.02 Å². The largest absolute Gasteiger partial charge is 0.495 e. The molecule has 1 fully saturated rings. The molecule has 9 nitrogen and oxygen atoms in total. The summed E-state index contributed by atoms with van der Waals surface area (Å²) in [5.41, 5.74) is 0.716. The first kappa shape index (κ1) is 33.6. The van der Waals surface area contributed by atoms with Gasteiger partial charge in [0.25, 0.3) is 0 Å². The van der Waals surface area contributed by atoms with Crippen molar-refractivity contribution in [1.82, 2.24) is 19.7 Å². The van der Waals surface area contributed by atoms with E-state index in [1.54, 1.807) is 41.3 Å². The van der Waals surface area contributed by atoms with E-state index in [1.165, 1.54) is 7.11 Å². The van der Waals surface area contributed by atoms with Crippen LogP contribution < -0.4 is 4.74 Å². The Morgan fingerprint density at radius 2 is 1.80 bits per heavy atom. The average Bonchev–Trinajstić information content (AvgIpc) is 3.36. The third-order valence-electron chi connectivity index (χ3n) is 7.74. The Morgan fingerprint density at radius 1 is 1.09 bits per heavy atom. The van der Waals surface area contributed by atoms with Crippen molar-refractivity contribution in [2.24, 2.45) is 5.92 Å². The van der Waals surface area contributed by atoms with Crippen molar-refractivity contribution < 1.29 is 32.6 Å². The van der Waals surface area contributed by atoms with E-state index in [-0.39, 0.29) is 41.5 Å². The van der Waals surface area contributed by atoms with Crippen molar-refractivity contribution in [2.45, 2.75) is 69.6 Å². The van der Waals surface area contributed by atoms with Crippen LogP contribution in [0.5, 0.6) is 5.75 Å². The van der Waals surface area contributed by atoms with Crippen molar-refractivity contribution in [2.75, 3.05) is 20.2 Å². The number of amides is 1. The molecule has 2 aromatic carbocycles. The van der Waals surface area contributed by atoms with E-state index in [0.717, 1.165) is 4.57 Å². The van der Waals surface area contributed by atoms with Gasteiger partial charge in [0.15, 0.2) is 5.82 Å². The first-order valence-electron chi connectivity index (χ1n) is 14.5. The zero-order valence-corrected chi connectivity index (χ0v) is 28.3. The Kier molecular flexibility index (Phi) is 9.79. The fraction of sp³-hybridized carbons (Fsp3) is 0.484. The van der Waals surface area contributed by atoms with Crippen LogP contribution in [0.1, 0.15) is 81.4 Å². The number of aromatic nitrogens is 3. The molecule has 0 N–H and O–H groups in total. The molecule has 2 atom stereocenters. The zero-order valence-electron chi connectivity index (χ0n) is 25.2. The second kappa shape index (κ2) is 13.1. The zero-order chi connectivity index (χ0) is 32.7. The molecule has 0 spiro atoms. The quantitative estimate of drug-likeness (QED) is 0.184. The maximum absolute atomic E-state index is 14.7. The normalized spacial score (nSPS) is 19.0. The van der Waals surface area contributed by atoms with Crippen LogP contribution in [-0.4, -0.2) is 57.3 Å². The van der Waals surface area contributed by atoms with Crippen LogP contribution in [0.3, 0.4) is 0 Å². The molecule has 2 aliphatic rings. The number of fused-ring (bicyclic) bond motifs is 3. The van der Waals surface area contributed by atoms with E-state index < -0.39 is 29.0 Å². The number of alkyl halides is 3. The number of rotatable bonds is 7. The van der Waals surface area contributed by atoms with Crippen LogP contribution in [0.15, 0.2) is 40.9 Å². The average molecular weight is 730 g/mol. The lowest BCUT2D eigenvalue weighted by atomic mass is 9.93. The number of ether oxygens (including phenoxy) is 3. The third-order valence-corrected chi connectivity index (χ3v) is 8.81. The second-order valence-electron chi connectivity index (χ2n) is 12.1. The molecule has 1 aromatic heterocycles. The maximum Gasteiger partial charge on any atom is 0.382 e. The standard InChI is InChI=1S/C31H33BrCl2F2N4O5/c1-30(2,3)45-25(42)14-17-10-12-39(13-11-17)24(41)16-23-28-37-38-29(31(34,35)36)40(28)21-9-8-18(32)15-20(21)27(44-23)19-6-5-7-22(43-4)26(19)33/h5-9,15,17,23,27H,10-14,16H2,1-4H3/t23-,27-/m1/s1. The van der Waals surface area contributed by atoms with Crippen LogP contribution >= 0.6 is 39.1 Å². The van der Waals surface area contributed by atoms with E-state index >= 15 is 0 Å². The van der Waals surface area contributed by atoms with Gasteiger partial charge in [-0.15, -0.1) is 10.2 Å². The minimum absolute atomic E-state index is 0.00331. The molecular formula is C31H33BrCl2F2N4O5. The number of carbonyl (C=O) groups excluding carboxylic acids is 2. The van der Waals surface area contributed by atoms with Gasteiger partial charge in [-0.3, -0.25) is 14.2 Å². The van der Waals surface area contributed by atoms with Crippen LogP contribution in [0, 0.1) is 5.92 Å². The van der Waals surface area contributed by atoms with Gasteiger partial charge in [-0.05, 0) is 75.4 Å². The van der Waals surface area contributed by atoms with Gasteiger partial charge in [-0.25, -0.2) is 0 Å². The minimum Gasteiger partial charge on any atom is -0.495 e. The Hall–Kier alpha value is -2.80. The highest BCUT2D eigenvalue weighted by atomic mass is 79.9. The van der Waals surface area contributed by atoms with Gasteiger partial charge in [-0.1, -0.05) is 39.7 Å². The van der Waals surface area contributed by atoms with E-state index in [1.807, 2.05) is 20.8 Å².